The van der Waals surface area contributed by atoms with Gasteiger partial charge in [0, 0.05) is 11.1 Å². The Labute approximate surface area is 148 Å². The number of carbonyl (C=O) groups excluding carboxylic acids is 1. The molecule has 0 bridgehead atoms. The second kappa shape index (κ2) is 8.31. The van der Waals surface area contributed by atoms with E-state index < -0.39 is 17.7 Å². The van der Waals surface area contributed by atoms with Gasteiger partial charge in [0.05, 0.1) is 12.0 Å². The molecule has 0 amide bonds. The lowest BCUT2D eigenvalue weighted by molar-refractivity contribution is -0.182. The van der Waals surface area contributed by atoms with Gasteiger partial charge >= 0.3 is 12.1 Å². The number of hydrogen-bond donors (Lipinski definition) is 1. The number of rotatable bonds is 6. The van der Waals surface area contributed by atoms with E-state index in [1.807, 2.05) is 13.8 Å². The van der Waals surface area contributed by atoms with Crippen molar-refractivity contribution in [2.24, 2.45) is 0 Å². The third kappa shape index (κ3) is 4.82. The first kappa shape index (κ1) is 19.9. The van der Waals surface area contributed by atoms with E-state index in [1.165, 1.54) is 6.07 Å². The number of hydrogen-bond acceptors (Lipinski definition) is 3. The lowest BCUT2D eigenvalue weighted by Crippen LogP contribution is -2.14. The summed E-state index contributed by atoms with van der Waals surface area (Å²) >= 11 is 0. The minimum atomic E-state index is -4.43. The molecule has 0 saturated carbocycles. The molecule has 0 aliphatic carbocycles. The highest BCUT2D eigenvalue weighted by molar-refractivity contribution is 5.75. The van der Waals surface area contributed by atoms with E-state index in [9.17, 15) is 22.5 Å². The number of alkyl halides is 3. The van der Waals surface area contributed by atoms with E-state index in [0.29, 0.717) is 28.8 Å². The lowest BCUT2D eigenvalue weighted by atomic mass is 9.92. The van der Waals surface area contributed by atoms with Crippen LogP contribution in [0.2, 0.25) is 0 Å². The molecular formula is C19H19F4NO2. The fourth-order valence-electron chi connectivity index (χ4n) is 2.70. The number of carbonyl (C=O) groups is 1. The van der Waals surface area contributed by atoms with Gasteiger partial charge in [-0.1, -0.05) is 31.2 Å². The van der Waals surface area contributed by atoms with Crippen LogP contribution in [0.15, 0.2) is 36.4 Å². The van der Waals surface area contributed by atoms with E-state index in [1.54, 1.807) is 18.2 Å². The van der Waals surface area contributed by atoms with Gasteiger partial charge in [-0.15, -0.1) is 0 Å². The Balaban J connectivity index is 2.52. The van der Waals surface area contributed by atoms with Crippen LogP contribution in [-0.4, -0.2) is 12.5 Å². The van der Waals surface area contributed by atoms with Gasteiger partial charge < -0.3 is 5.32 Å². The average molecular weight is 369 g/mol. The summed E-state index contributed by atoms with van der Waals surface area (Å²) in [4.78, 5) is 14.3. The van der Waals surface area contributed by atoms with E-state index in [0.717, 1.165) is 17.7 Å². The van der Waals surface area contributed by atoms with Gasteiger partial charge in [0.25, 0.3) is 0 Å². The molecule has 0 spiro atoms. The minimum Gasteiger partial charge on any atom is -0.313 e. The van der Waals surface area contributed by atoms with Crippen molar-refractivity contribution in [1.29, 1.82) is 0 Å². The van der Waals surface area contributed by atoms with Crippen molar-refractivity contribution in [2.45, 2.75) is 33.0 Å². The van der Waals surface area contributed by atoms with Crippen molar-refractivity contribution in [1.82, 2.24) is 5.32 Å². The van der Waals surface area contributed by atoms with Gasteiger partial charge in [-0.3, -0.25) is 4.94 Å². The molecule has 0 saturated heterocycles. The third-order valence-corrected chi connectivity index (χ3v) is 4.02. The number of halogens is 4. The monoisotopic (exact) mass is 369 g/mol. The quantitative estimate of drug-likeness (QED) is 0.746. The summed E-state index contributed by atoms with van der Waals surface area (Å²) in [5, 5.41) is 3.04. The SMILES string of the molecule is CCNCc1cc(C(F)(F)F)ccc1-c1cc(CC(=O)OF)ccc1C. The third-order valence-electron chi connectivity index (χ3n) is 4.02. The minimum absolute atomic E-state index is 0.257. The fraction of sp³-hybridized carbons (Fsp3) is 0.316. The van der Waals surface area contributed by atoms with Crippen LogP contribution < -0.4 is 5.32 Å². The van der Waals surface area contributed by atoms with Crippen LogP contribution in [0.4, 0.5) is 17.7 Å². The van der Waals surface area contributed by atoms with Crippen molar-refractivity contribution in [2.75, 3.05) is 6.54 Å². The molecule has 2 aromatic rings. The van der Waals surface area contributed by atoms with Crippen LogP contribution in [0, 0.1) is 6.92 Å². The summed E-state index contributed by atoms with van der Waals surface area (Å²) in [7, 11) is 0. The second-order valence-electron chi connectivity index (χ2n) is 5.93. The van der Waals surface area contributed by atoms with Gasteiger partial charge in [0.2, 0.25) is 0 Å². The van der Waals surface area contributed by atoms with E-state index in [2.05, 4.69) is 10.3 Å². The Morgan fingerprint density at radius 3 is 2.46 bits per heavy atom. The fourth-order valence-corrected chi connectivity index (χ4v) is 2.70. The van der Waals surface area contributed by atoms with Gasteiger partial charge in [0.1, 0.15) is 0 Å². The molecule has 0 atom stereocenters. The summed E-state index contributed by atoms with van der Waals surface area (Å²) in [5.41, 5.74) is 2.45. The highest BCUT2D eigenvalue weighted by atomic mass is 19.4. The van der Waals surface area contributed by atoms with Crippen LogP contribution in [-0.2, 0) is 28.9 Å². The van der Waals surface area contributed by atoms with Crippen LogP contribution >= 0.6 is 0 Å². The Morgan fingerprint density at radius 1 is 1.12 bits per heavy atom. The van der Waals surface area contributed by atoms with Crippen LogP contribution in [0.25, 0.3) is 11.1 Å². The molecule has 2 aromatic carbocycles. The van der Waals surface area contributed by atoms with Gasteiger partial charge in [0.15, 0.2) is 0 Å². The predicted octanol–water partition coefficient (Wildman–Crippen LogP) is 4.76. The summed E-state index contributed by atoms with van der Waals surface area (Å²) in [5.74, 6) is -1.03. The number of aryl methyl sites for hydroxylation is 1. The molecule has 0 aliphatic rings. The topological polar surface area (TPSA) is 38.3 Å². The standard InChI is InChI=1S/C19H19F4NO2/c1-3-24-11-14-10-15(19(20,21)22)6-7-16(14)17-8-13(5-4-12(17)2)9-18(25)26-23/h4-8,10,24H,3,9,11H2,1-2H3. The Kier molecular flexibility index (Phi) is 6.37. The second-order valence-corrected chi connectivity index (χ2v) is 5.93. The largest absolute Gasteiger partial charge is 0.416 e. The molecule has 0 fully saturated rings. The molecule has 2 rings (SSSR count). The molecule has 1 N–H and O–H groups in total. The molecule has 0 aromatic heterocycles. The molecule has 0 unspecified atom stereocenters. The van der Waals surface area contributed by atoms with E-state index in [4.69, 9.17) is 0 Å². The van der Waals surface area contributed by atoms with Gasteiger partial charge in [-0.05, 0) is 53.4 Å². The van der Waals surface area contributed by atoms with Crippen LogP contribution in [0.5, 0.6) is 0 Å². The van der Waals surface area contributed by atoms with Crippen molar-refractivity contribution < 1.29 is 27.4 Å². The first-order chi connectivity index (χ1) is 12.3. The molecule has 140 valence electrons. The zero-order valence-electron chi connectivity index (χ0n) is 14.4. The average Bonchev–Trinajstić information content (AvgIpc) is 2.60. The molecule has 26 heavy (non-hydrogen) atoms. The van der Waals surface area contributed by atoms with Crippen molar-refractivity contribution in [3.63, 3.8) is 0 Å². The Hall–Kier alpha value is -2.41. The highest BCUT2D eigenvalue weighted by Gasteiger charge is 2.31. The predicted molar refractivity (Wildman–Crippen MR) is 89.9 cm³/mol. The molecular weight excluding hydrogens is 350 g/mol. The molecule has 7 heteroatoms. The zero-order valence-corrected chi connectivity index (χ0v) is 14.4. The smallest absolute Gasteiger partial charge is 0.313 e. The summed E-state index contributed by atoms with van der Waals surface area (Å²) in [6, 6.07) is 8.65. The molecule has 0 heterocycles. The maximum Gasteiger partial charge on any atom is 0.416 e. The zero-order chi connectivity index (χ0) is 19.3. The molecule has 3 nitrogen and oxygen atoms in total. The van der Waals surface area contributed by atoms with Crippen molar-refractivity contribution in [3.8, 4) is 11.1 Å². The van der Waals surface area contributed by atoms with Gasteiger partial charge in [-0.2, -0.15) is 13.2 Å². The first-order valence-corrected chi connectivity index (χ1v) is 8.08. The molecule has 0 aliphatic heterocycles. The maximum absolute atomic E-state index is 13.0. The summed E-state index contributed by atoms with van der Waals surface area (Å²) < 4.78 is 51.1. The Bertz CT molecular complexity index is 788. The van der Waals surface area contributed by atoms with Gasteiger partial charge in [-0.25, -0.2) is 4.79 Å². The van der Waals surface area contributed by atoms with Crippen molar-refractivity contribution >= 4 is 5.97 Å². The number of nitrogens with one attached hydrogen (secondary N) is 1. The van der Waals surface area contributed by atoms with Crippen LogP contribution in [0.1, 0.15) is 29.2 Å². The first-order valence-electron chi connectivity index (χ1n) is 8.08. The highest BCUT2D eigenvalue weighted by Crippen LogP contribution is 2.35. The van der Waals surface area contributed by atoms with E-state index in [-0.39, 0.29) is 13.0 Å². The lowest BCUT2D eigenvalue weighted by Gasteiger charge is -2.16. The summed E-state index contributed by atoms with van der Waals surface area (Å²) in [6.45, 7) is 4.56. The van der Waals surface area contributed by atoms with Crippen LogP contribution in [0.3, 0.4) is 0 Å². The maximum atomic E-state index is 13.0. The Morgan fingerprint density at radius 2 is 1.85 bits per heavy atom. The van der Waals surface area contributed by atoms with E-state index >= 15 is 0 Å². The summed E-state index contributed by atoms with van der Waals surface area (Å²) in [6.07, 6.45) is -4.69. The normalized spacial score (nSPS) is 11.5. The molecule has 0 radical (unpaired) electrons. The number of benzene rings is 2. The van der Waals surface area contributed by atoms with Crippen molar-refractivity contribution in [3.05, 3.63) is 58.7 Å².